The Bertz CT molecular complexity index is 1210. The van der Waals surface area contributed by atoms with Crippen molar-refractivity contribution in [2.24, 2.45) is 0 Å². The number of anilines is 3. The van der Waals surface area contributed by atoms with Gasteiger partial charge in [0, 0.05) is 49.4 Å². The van der Waals surface area contributed by atoms with Crippen molar-refractivity contribution in [3.63, 3.8) is 0 Å². The number of methoxy groups -OCH3 is 1. The van der Waals surface area contributed by atoms with E-state index in [4.69, 9.17) is 16.3 Å². The van der Waals surface area contributed by atoms with E-state index in [-0.39, 0.29) is 5.91 Å². The molecule has 0 aromatic heterocycles. The van der Waals surface area contributed by atoms with Crippen LogP contribution in [0, 0.1) is 0 Å². The van der Waals surface area contributed by atoms with Gasteiger partial charge in [-0.05, 0) is 73.7 Å². The predicted octanol–water partition coefficient (Wildman–Crippen LogP) is 6.10. The number of aryl methyl sites for hydroxylation is 2. The van der Waals surface area contributed by atoms with E-state index >= 15 is 0 Å². The van der Waals surface area contributed by atoms with Gasteiger partial charge in [0.15, 0.2) is 0 Å². The van der Waals surface area contributed by atoms with E-state index in [0.29, 0.717) is 11.4 Å². The second-order valence-electron chi connectivity index (χ2n) is 9.62. The molecule has 0 unspecified atom stereocenters. The lowest BCUT2D eigenvalue weighted by Crippen LogP contribution is -2.46. The van der Waals surface area contributed by atoms with Crippen molar-refractivity contribution in [1.29, 1.82) is 0 Å². The number of benzene rings is 3. The van der Waals surface area contributed by atoms with Gasteiger partial charge in [0.2, 0.25) is 5.91 Å². The minimum Gasteiger partial charge on any atom is -0.497 e. The molecule has 0 bridgehead atoms. The first-order chi connectivity index (χ1) is 17.6. The molecule has 188 valence electrons. The number of piperazine rings is 1. The number of carbonyl (C=O) groups excluding carboxylic acids is 1. The van der Waals surface area contributed by atoms with Crippen molar-refractivity contribution in [1.82, 2.24) is 4.90 Å². The van der Waals surface area contributed by atoms with Crippen LogP contribution in [0.25, 0.3) is 0 Å². The molecule has 2 aliphatic rings. The van der Waals surface area contributed by atoms with Gasteiger partial charge in [-0.3, -0.25) is 14.6 Å². The molecule has 3 aromatic carbocycles. The number of hydrogen-bond acceptors (Lipinski definition) is 4. The van der Waals surface area contributed by atoms with Gasteiger partial charge in [0.05, 0.1) is 18.5 Å². The largest absolute Gasteiger partial charge is 0.497 e. The molecule has 5 rings (SSSR count). The molecule has 2 aliphatic heterocycles. The lowest BCUT2D eigenvalue weighted by atomic mass is 10.0. The lowest BCUT2D eigenvalue weighted by molar-refractivity contribution is -0.118. The SMILES string of the molecule is COc1cccc(N2CCN(CCCCC(=O)N3c4ccccc4CCc4ccc(Cl)cc43)CC2)c1. The number of fused-ring (bicyclic) bond motifs is 2. The van der Waals surface area contributed by atoms with Crippen LogP contribution in [0.4, 0.5) is 17.1 Å². The van der Waals surface area contributed by atoms with Crippen LogP contribution >= 0.6 is 11.6 Å². The summed E-state index contributed by atoms with van der Waals surface area (Å²) in [6.07, 6.45) is 4.27. The third kappa shape index (κ3) is 5.53. The predicted molar refractivity (Wildman–Crippen MR) is 148 cm³/mol. The molecule has 36 heavy (non-hydrogen) atoms. The topological polar surface area (TPSA) is 36.0 Å². The molecule has 0 saturated carbocycles. The Labute approximate surface area is 219 Å². The number of unbranched alkanes of at least 4 members (excludes halogenated alkanes) is 1. The third-order valence-corrected chi connectivity index (χ3v) is 7.57. The molecule has 1 saturated heterocycles. The first-order valence-corrected chi connectivity index (χ1v) is 13.3. The van der Waals surface area contributed by atoms with Gasteiger partial charge in [-0.1, -0.05) is 41.9 Å². The highest BCUT2D eigenvalue weighted by Gasteiger charge is 2.26. The van der Waals surface area contributed by atoms with E-state index in [1.54, 1.807) is 7.11 Å². The number of amides is 1. The molecule has 0 N–H and O–H groups in total. The van der Waals surface area contributed by atoms with Crippen LogP contribution in [0.15, 0.2) is 66.7 Å². The maximum atomic E-state index is 13.5. The van der Waals surface area contributed by atoms with Crippen LogP contribution in [0.2, 0.25) is 5.02 Å². The lowest BCUT2D eigenvalue weighted by Gasteiger charge is -2.36. The fourth-order valence-electron chi connectivity index (χ4n) is 5.33. The van der Waals surface area contributed by atoms with E-state index in [1.807, 2.05) is 35.2 Å². The fraction of sp³-hybridized carbons (Fsp3) is 0.367. The zero-order valence-electron chi connectivity index (χ0n) is 21.0. The van der Waals surface area contributed by atoms with Gasteiger partial charge in [-0.25, -0.2) is 0 Å². The van der Waals surface area contributed by atoms with E-state index in [1.165, 1.54) is 16.8 Å². The smallest absolute Gasteiger partial charge is 0.231 e. The molecular weight excluding hydrogens is 470 g/mol. The number of rotatable bonds is 7. The molecule has 0 atom stereocenters. The van der Waals surface area contributed by atoms with Crippen LogP contribution in [0.3, 0.4) is 0 Å². The Balaban J connectivity index is 1.16. The van der Waals surface area contributed by atoms with Gasteiger partial charge >= 0.3 is 0 Å². The van der Waals surface area contributed by atoms with Crippen molar-refractivity contribution < 1.29 is 9.53 Å². The molecule has 3 aromatic rings. The van der Waals surface area contributed by atoms with E-state index < -0.39 is 0 Å². The van der Waals surface area contributed by atoms with E-state index in [9.17, 15) is 4.79 Å². The van der Waals surface area contributed by atoms with Crippen LogP contribution in [0.5, 0.6) is 5.75 Å². The molecular formula is C30H34ClN3O2. The Morgan fingerprint density at radius 3 is 2.44 bits per heavy atom. The average molecular weight is 504 g/mol. The molecule has 6 heteroatoms. The quantitative estimate of drug-likeness (QED) is 0.365. The third-order valence-electron chi connectivity index (χ3n) is 7.34. The van der Waals surface area contributed by atoms with Gasteiger partial charge in [-0.2, -0.15) is 0 Å². The summed E-state index contributed by atoms with van der Waals surface area (Å²) in [4.78, 5) is 20.4. The molecule has 2 heterocycles. The summed E-state index contributed by atoms with van der Waals surface area (Å²) in [6, 6.07) is 22.5. The van der Waals surface area contributed by atoms with Crippen LogP contribution in [-0.4, -0.2) is 50.6 Å². The molecule has 0 aliphatic carbocycles. The number of nitrogens with zero attached hydrogens (tertiary/aromatic N) is 3. The number of carbonyl (C=O) groups is 1. The standard InChI is InChI=1S/C30H34ClN3O2/c1-36-27-9-6-8-26(22-27)33-19-17-32(18-20-33)16-5-4-11-30(35)34-28-10-3-2-7-23(28)12-13-24-14-15-25(31)21-29(24)34/h2-3,6-10,14-15,21-22H,4-5,11-13,16-20H2,1H3. The number of hydrogen-bond donors (Lipinski definition) is 0. The summed E-state index contributed by atoms with van der Waals surface area (Å²) in [5, 5.41) is 0.666. The molecule has 1 amide bonds. The summed E-state index contributed by atoms with van der Waals surface area (Å²) >= 11 is 6.35. The molecule has 1 fully saturated rings. The zero-order chi connectivity index (χ0) is 24.9. The minimum atomic E-state index is 0.149. The van der Waals surface area contributed by atoms with Crippen molar-refractivity contribution in [3.8, 4) is 5.75 Å². The summed E-state index contributed by atoms with van der Waals surface area (Å²) in [5.74, 6) is 1.05. The maximum Gasteiger partial charge on any atom is 0.231 e. The van der Waals surface area contributed by atoms with Crippen molar-refractivity contribution in [3.05, 3.63) is 82.9 Å². The van der Waals surface area contributed by atoms with Crippen molar-refractivity contribution >= 4 is 34.6 Å². The second kappa shape index (κ2) is 11.4. The highest BCUT2D eigenvalue weighted by molar-refractivity contribution is 6.31. The molecule has 0 radical (unpaired) electrons. The van der Waals surface area contributed by atoms with Gasteiger partial charge in [0.25, 0.3) is 0 Å². The summed E-state index contributed by atoms with van der Waals surface area (Å²) in [5.41, 5.74) is 5.55. The summed E-state index contributed by atoms with van der Waals surface area (Å²) in [7, 11) is 1.71. The minimum absolute atomic E-state index is 0.149. The van der Waals surface area contributed by atoms with Gasteiger partial charge < -0.3 is 9.64 Å². The summed E-state index contributed by atoms with van der Waals surface area (Å²) < 4.78 is 5.37. The monoisotopic (exact) mass is 503 g/mol. The van der Waals surface area contributed by atoms with Crippen LogP contribution < -0.4 is 14.5 Å². The number of para-hydroxylation sites is 1. The summed E-state index contributed by atoms with van der Waals surface area (Å²) in [6.45, 7) is 5.12. The normalized spacial score (nSPS) is 15.7. The molecule has 5 nitrogen and oxygen atoms in total. The second-order valence-corrected chi connectivity index (χ2v) is 10.1. The first-order valence-electron chi connectivity index (χ1n) is 12.9. The highest BCUT2D eigenvalue weighted by atomic mass is 35.5. The van der Waals surface area contributed by atoms with Crippen molar-refractivity contribution in [2.75, 3.05) is 49.6 Å². The Kier molecular flexibility index (Phi) is 7.78. The van der Waals surface area contributed by atoms with Gasteiger partial charge in [0.1, 0.15) is 5.75 Å². The van der Waals surface area contributed by atoms with Crippen LogP contribution in [-0.2, 0) is 17.6 Å². The Morgan fingerprint density at radius 2 is 1.64 bits per heavy atom. The average Bonchev–Trinajstić information content (AvgIpc) is 3.08. The zero-order valence-corrected chi connectivity index (χ0v) is 21.7. The highest BCUT2D eigenvalue weighted by Crippen LogP contribution is 2.38. The first kappa shape index (κ1) is 24.7. The van der Waals surface area contributed by atoms with Crippen molar-refractivity contribution in [2.45, 2.75) is 32.1 Å². The molecule has 0 spiro atoms. The van der Waals surface area contributed by atoms with Gasteiger partial charge in [-0.15, -0.1) is 0 Å². The Hall–Kier alpha value is -3.02. The van der Waals surface area contributed by atoms with E-state index in [0.717, 1.165) is 75.5 Å². The van der Waals surface area contributed by atoms with Crippen LogP contribution in [0.1, 0.15) is 30.4 Å². The Morgan fingerprint density at radius 1 is 0.861 bits per heavy atom. The number of ether oxygens (including phenoxy) is 1. The number of halogens is 1. The van der Waals surface area contributed by atoms with E-state index in [2.05, 4.69) is 46.2 Å². The maximum absolute atomic E-state index is 13.5. The fourth-order valence-corrected chi connectivity index (χ4v) is 5.49.